The normalized spacial score (nSPS) is 27.4. The molecule has 0 fully saturated rings. The lowest BCUT2D eigenvalue weighted by molar-refractivity contribution is -0.107. The molecule has 0 radical (unpaired) electrons. The van der Waals surface area contributed by atoms with Crippen LogP contribution >= 0.6 is 0 Å². The second-order valence-electron chi connectivity index (χ2n) is 5.99. The first-order valence-electron chi connectivity index (χ1n) is 5.25. The van der Waals surface area contributed by atoms with Crippen LogP contribution in [0.25, 0.3) is 0 Å². The van der Waals surface area contributed by atoms with Gasteiger partial charge in [0.05, 0.1) is 5.71 Å². The van der Waals surface area contributed by atoms with Gasteiger partial charge in [0.1, 0.15) is 8.80 Å². The van der Waals surface area contributed by atoms with Crippen molar-refractivity contribution in [2.45, 2.75) is 46.2 Å². The maximum absolute atomic E-state index is 12.1. The summed E-state index contributed by atoms with van der Waals surface area (Å²) in [6.07, 6.45) is 0. The number of aliphatic imine (C=N–C) groups is 1. The van der Waals surface area contributed by atoms with Gasteiger partial charge in [0, 0.05) is 12.0 Å². The third kappa shape index (κ3) is 1.97. The van der Waals surface area contributed by atoms with E-state index < -0.39 is 8.80 Å². The Labute approximate surface area is 88.4 Å². The molecule has 0 aliphatic carbocycles. The van der Waals surface area contributed by atoms with Gasteiger partial charge in [0.25, 0.3) is 0 Å². The lowest BCUT2D eigenvalue weighted by Gasteiger charge is -2.36. The number of nitrogens with zero attached hydrogens (tertiary/aromatic N) is 1. The molecule has 0 aromatic rings. The summed E-state index contributed by atoms with van der Waals surface area (Å²) in [7, 11) is -1.33. The zero-order valence-corrected chi connectivity index (χ0v) is 11.3. The Hall–Kier alpha value is -0.443. The molecule has 1 atom stereocenters. The van der Waals surface area contributed by atoms with E-state index in [1.54, 1.807) is 0 Å². The number of carbonyl (C=O) groups excluding carboxylic acids is 1. The first-order valence-corrected chi connectivity index (χ1v) is 7.56. The zero-order chi connectivity index (χ0) is 11.1. The number of rotatable bonds is 0. The van der Waals surface area contributed by atoms with Gasteiger partial charge in [0.15, 0.2) is 5.41 Å². The molecule has 1 aliphatic heterocycles. The van der Waals surface area contributed by atoms with Crippen LogP contribution in [0.1, 0.15) is 34.6 Å². The Bertz CT molecular complexity index is 286. The van der Waals surface area contributed by atoms with Gasteiger partial charge in [0.2, 0.25) is 0 Å². The summed E-state index contributed by atoms with van der Waals surface area (Å²) in [5.74, 6) is 0. The van der Waals surface area contributed by atoms with Gasteiger partial charge < -0.3 is 0 Å². The van der Waals surface area contributed by atoms with Crippen molar-refractivity contribution in [1.29, 1.82) is 0 Å². The Morgan fingerprint density at radius 1 is 1.36 bits per heavy atom. The number of hydrogen-bond donors (Lipinski definition) is 0. The van der Waals surface area contributed by atoms with Crippen molar-refractivity contribution in [1.82, 2.24) is 0 Å². The molecule has 0 aromatic heterocycles. The summed E-state index contributed by atoms with van der Waals surface area (Å²) < 4.78 is 0. The van der Waals surface area contributed by atoms with Gasteiger partial charge in [-0.15, -0.1) is 0 Å². The summed E-state index contributed by atoms with van der Waals surface area (Å²) >= 11 is 0. The first kappa shape index (κ1) is 11.6. The third-order valence-electron chi connectivity index (χ3n) is 3.15. The molecular weight excluding hydrogens is 190 g/mol. The fraction of sp³-hybridized carbons (Fsp3) is 0.818. The third-order valence-corrected chi connectivity index (χ3v) is 6.74. The average molecular weight is 211 g/mol. The van der Waals surface area contributed by atoms with Crippen molar-refractivity contribution >= 4 is 19.9 Å². The molecule has 1 heterocycles. The minimum absolute atomic E-state index is 0.0746. The van der Waals surface area contributed by atoms with Crippen molar-refractivity contribution in [3.05, 3.63) is 0 Å². The summed E-state index contributed by atoms with van der Waals surface area (Å²) in [6, 6.07) is 0. The minimum Gasteiger partial charge on any atom is -0.299 e. The topological polar surface area (TPSA) is 29.4 Å². The SMILES string of the molecule is C[SiH]1C(=O)C(C(C)(C)C)=NCC1(C)C. The van der Waals surface area contributed by atoms with Gasteiger partial charge in [-0.2, -0.15) is 0 Å². The van der Waals surface area contributed by atoms with E-state index >= 15 is 0 Å². The maximum Gasteiger partial charge on any atom is 0.151 e. The average Bonchev–Trinajstić information content (AvgIpc) is 1.97. The molecule has 2 nitrogen and oxygen atoms in total. The number of carbonyl (C=O) groups is 1. The molecule has 0 bridgehead atoms. The second kappa shape index (κ2) is 3.30. The van der Waals surface area contributed by atoms with Crippen LogP contribution < -0.4 is 0 Å². The van der Waals surface area contributed by atoms with E-state index in [1.165, 1.54) is 0 Å². The highest BCUT2D eigenvalue weighted by Gasteiger charge is 2.41. The van der Waals surface area contributed by atoms with Crippen molar-refractivity contribution in [2.75, 3.05) is 6.54 Å². The molecule has 0 saturated heterocycles. The summed E-state index contributed by atoms with van der Waals surface area (Å²) in [4.78, 5) is 16.6. The van der Waals surface area contributed by atoms with Gasteiger partial charge in [-0.25, -0.2) is 0 Å². The molecule has 0 spiro atoms. The van der Waals surface area contributed by atoms with Gasteiger partial charge in [-0.1, -0.05) is 41.2 Å². The highest BCUT2D eigenvalue weighted by atomic mass is 28.3. The highest BCUT2D eigenvalue weighted by Crippen LogP contribution is 2.35. The van der Waals surface area contributed by atoms with Crippen LogP contribution in [0.5, 0.6) is 0 Å². The molecular formula is C11H21NOSi. The van der Waals surface area contributed by atoms with Crippen molar-refractivity contribution in [3.8, 4) is 0 Å². The van der Waals surface area contributed by atoms with Crippen molar-refractivity contribution in [3.63, 3.8) is 0 Å². The van der Waals surface area contributed by atoms with E-state index in [4.69, 9.17) is 0 Å². The summed E-state index contributed by atoms with van der Waals surface area (Å²) in [6.45, 7) is 13.5. The Balaban J connectivity index is 3.05. The molecule has 1 aliphatic rings. The molecule has 14 heavy (non-hydrogen) atoms. The Morgan fingerprint density at radius 2 is 1.86 bits per heavy atom. The van der Waals surface area contributed by atoms with Gasteiger partial charge >= 0.3 is 0 Å². The molecule has 0 amide bonds. The highest BCUT2D eigenvalue weighted by molar-refractivity contribution is 7.02. The Morgan fingerprint density at radius 3 is 2.29 bits per heavy atom. The van der Waals surface area contributed by atoms with Crippen molar-refractivity contribution in [2.24, 2.45) is 10.4 Å². The smallest absolute Gasteiger partial charge is 0.151 e. The van der Waals surface area contributed by atoms with Crippen LogP contribution in [0.2, 0.25) is 11.6 Å². The molecule has 3 heteroatoms. The van der Waals surface area contributed by atoms with Crippen LogP contribution in [0.4, 0.5) is 0 Å². The lowest BCUT2D eigenvalue weighted by Crippen LogP contribution is -2.48. The first-order chi connectivity index (χ1) is 6.16. The molecule has 1 unspecified atom stereocenters. The van der Waals surface area contributed by atoms with E-state index in [2.05, 4.69) is 46.2 Å². The van der Waals surface area contributed by atoms with Gasteiger partial charge in [-0.05, 0) is 5.04 Å². The van der Waals surface area contributed by atoms with Crippen LogP contribution in [-0.2, 0) is 4.79 Å². The molecule has 1 rings (SSSR count). The van der Waals surface area contributed by atoms with Crippen LogP contribution in [-0.4, -0.2) is 26.5 Å². The van der Waals surface area contributed by atoms with Crippen molar-refractivity contribution < 1.29 is 4.79 Å². The van der Waals surface area contributed by atoms with Gasteiger partial charge in [-0.3, -0.25) is 9.79 Å². The second-order valence-corrected chi connectivity index (χ2v) is 9.52. The zero-order valence-electron chi connectivity index (χ0n) is 10.1. The summed E-state index contributed by atoms with van der Waals surface area (Å²) in [5.41, 5.74) is 0.755. The van der Waals surface area contributed by atoms with E-state index in [-0.39, 0.29) is 10.5 Å². The van der Waals surface area contributed by atoms with Crippen LogP contribution in [0.15, 0.2) is 4.99 Å². The van der Waals surface area contributed by atoms with E-state index in [9.17, 15) is 4.79 Å². The maximum atomic E-state index is 12.1. The Kier molecular flexibility index (Phi) is 2.74. The fourth-order valence-electron chi connectivity index (χ4n) is 1.66. The molecule has 80 valence electrons. The minimum atomic E-state index is -1.33. The van der Waals surface area contributed by atoms with Crippen LogP contribution in [0.3, 0.4) is 0 Å². The number of hydrogen-bond acceptors (Lipinski definition) is 2. The fourth-order valence-corrected chi connectivity index (χ4v) is 3.67. The van der Waals surface area contributed by atoms with E-state index in [0.29, 0.717) is 5.41 Å². The van der Waals surface area contributed by atoms with Crippen LogP contribution in [0, 0.1) is 5.41 Å². The predicted molar refractivity (Wildman–Crippen MR) is 63.8 cm³/mol. The molecule has 0 saturated carbocycles. The van der Waals surface area contributed by atoms with E-state index in [1.807, 2.05) is 0 Å². The predicted octanol–water partition coefficient (Wildman–Crippen LogP) is 2.23. The molecule has 0 N–H and O–H groups in total. The standard InChI is InChI=1S/C11H21NOSi/c1-10(2,3)8-9(13)14(6)11(4,5)7-12-8/h14H,7H2,1-6H3. The lowest BCUT2D eigenvalue weighted by atomic mass is 9.90. The monoisotopic (exact) mass is 211 g/mol. The largest absolute Gasteiger partial charge is 0.299 e. The quantitative estimate of drug-likeness (QED) is 0.565. The van der Waals surface area contributed by atoms with E-state index in [0.717, 1.165) is 12.3 Å². The summed E-state index contributed by atoms with van der Waals surface area (Å²) in [5, 5.41) is 0.528. The molecule has 0 aromatic carbocycles.